The lowest BCUT2D eigenvalue weighted by molar-refractivity contribution is 0.0288. The Kier molecular flexibility index (Phi) is 4.10. The fourth-order valence-electron chi connectivity index (χ4n) is 2.88. The lowest BCUT2D eigenvalue weighted by Crippen LogP contribution is -2.38. The maximum atomic E-state index is 12.2. The molecule has 0 bridgehead atoms. The quantitative estimate of drug-likeness (QED) is 0.774. The van der Waals surface area contributed by atoms with Crippen LogP contribution in [-0.2, 0) is 10.0 Å². The molecule has 1 aromatic carbocycles. The van der Waals surface area contributed by atoms with Gasteiger partial charge in [-0.15, -0.1) is 0 Å². The number of rotatable bonds is 6. The molecule has 0 saturated heterocycles. The molecular formula is C17H17ClN2O3S. The molecule has 1 atom stereocenters. The molecule has 1 spiro atoms. The zero-order valence-corrected chi connectivity index (χ0v) is 14.6. The van der Waals surface area contributed by atoms with Gasteiger partial charge < -0.3 is 4.74 Å². The molecule has 0 aromatic heterocycles. The number of nitrogens with one attached hydrogen (secondary N) is 1. The van der Waals surface area contributed by atoms with Crippen LogP contribution >= 0.6 is 11.6 Å². The molecule has 126 valence electrons. The second kappa shape index (κ2) is 5.83. The zero-order valence-electron chi connectivity index (χ0n) is 13.0. The highest BCUT2D eigenvalue weighted by atomic mass is 35.5. The van der Waals surface area contributed by atoms with Crippen molar-refractivity contribution in [3.05, 3.63) is 46.9 Å². The highest BCUT2D eigenvalue weighted by Gasteiger charge is 2.57. The van der Waals surface area contributed by atoms with E-state index in [0.29, 0.717) is 5.75 Å². The van der Waals surface area contributed by atoms with Gasteiger partial charge in [-0.3, -0.25) is 4.72 Å². The highest BCUT2D eigenvalue weighted by Crippen LogP contribution is 2.62. The Hall–Kier alpha value is -1.97. The summed E-state index contributed by atoms with van der Waals surface area (Å²) >= 11 is 6.08. The summed E-state index contributed by atoms with van der Waals surface area (Å²) < 4.78 is 32.9. The van der Waals surface area contributed by atoms with Gasteiger partial charge in [-0.2, -0.15) is 5.26 Å². The molecule has 2 fully saturated rings. The summed E-state index contributed by atoms with van der Waals surface area (Å²) in [6, 6.07) is 4.80. The molecule has 1 unspecified atom stereocenters. The molecule has 1 aromatic rings. The molecule has 0 amide bonds. The molecule has 7 heteroatoms. The number of ether oxygens (including phenoxy) is 1. The molecule has 0 aliphatic heterocycles. The van der Waals surface area contributed by atoms with Crippen LogP contribution in [0.5, 0.6) is 5.75 Å². The molecule has 5 nitrogen and oxygen atoms in total. The predicted octanol–water partition coefficient (Wildman–Crippen LogP) is 3.97. The number of hydrogen-bond acceptors (Lipinski definition) is 4. The van der Waals surface area contributed by atoms with Crippen LogP contribution in [0.2, 0.25) is 5.02 Å². The minimum Gasteiger partial charge on any atom is -0.488 e. The standard InChI is InChI=1S/C17H17ClN2O3S/c1-3-11(2)24(21,22)20-14-8-12(10-19)13(18)9-15(14)23-16-4-5-17(16)6-7-17/h3,8-9,16,20H,1-2,4-7H2. The van der Waals surface area contributed by atoms with Crippen LogP contribution < -0.4 is 9.46 Å². The Morgan fingerprint density at radius 1 is 1.46 bits per heavy atom. The van der Waals surface area contributed by atoms with Gasteiger partial charge in [-0.1, -0.05) is 24.8 Å². The van der Waals surface area contributed by atoms with E-state index in [9.17, 15) is 8.42 Å². The Labute approximate surface area is 146 Å². The Morgan fingerprint density at radius 2 is 2.17 bits per heavy atom. The predicted molar refractivity (Wildman–Crippen MR) is 93.4 cm³/mol. The number of anilines is 1. The average molecular weight is 365 g/mol. The van der Waals surface area contributed by atoms with E-state index in [0.717, 1.165) is 31.8 Å². The summed E-state index contributed by atoms with van der Waals surface area (Å²) in [7, 11) is -3.86. The number of hydrogen-bond donors (Lipinski definition) is 1. The number of sulfonamides is 1. The van der Waals surface area contributed by atoms with Gasteiger partial charge in [0.05, 0.1) is 21.2 Å². The lowest BCUT2D eigenvalue weighted by atomic mass is 9.78. The summed E-state index contributed by atoms with van der Waals surface area (Å²) in [5.74, 6) is 0.329. The molecular weight excluding hydrogens is 348 g/mol. The van der Waals surface area contributed by atoms with Gasteiger partial charge >= 0.3 is 0 Å². The van der Waals surface area contributed by atoms with Crippen molar-refractivity contribution in [3.63, 3.8) is 0 Å². The third-order valence-electron chi connectivity index (χ3n) is 4.76. The van der Waals surface area contributed by atoms with E-state index >= 15 is 0 Å². The van der Waals surface area contributed by atoms with Crippen LogP contribution in [0.1, 0.15) is 31.2 Å². The number of allylic oxidation sites excluding steroid dienone is 1. The molecule has 0 heterocycles. The first kappa shape index (κ1) is 16.9. The van der Waals surface area contributed by atoms with Gasteiger partial charge in [0, 0.05) is 11.5 Å². The van der Waals surface area contributed by atoms with Crippen molar-refractivity contribution in [2.45, 2.75) is 31.8 Å². The third kappa shape index (κ3) is 2.90. The van der Waals surface area contributed by atoms with Gasteiger partial charge in [0.2, 0.25) is 0 Å². The number of benzene rings is 1. The van der Waals surface area contributed by atoms with E-state index in [1.165, 1.54) is 12.1 Å². The highest BCUT2D eigenvalue weighted by molar-refractivity contribution is 7.96. The summed E-state index contributed by atoms with van der Waals surface area (Å²) in [5, 5.41) is 9.36. The van der Waals surface area contributed by atoms with E-state index in [2.05, 4.69) is 17.9 Å². The summed E-state index contributed by atoms with van der Waals surface area (Å²) in [4.78, 5) is -0.163. The summed E-state index contributed by atoms with van der Waals surface area (Å²) in [5.41, 5.74) is 0.601. The van der Waals surface area contributed by atoms with E-state index in [-0.39, 0.29) is 32.7 Å². The van der Waals surface area contributed by atoms with Crippen LogP contribution in [0.25, 0.3) is 0 Å². The fourth-order valence-corrected chi connectivity index (χ4v) is 3.87. The molecule has 0 radical (unpaired) electrons. The Morgan fingerprint density at radius 3 is 2.67 bits per heavy atom. The maximum Gasteiger partial charge on any atom is 0.261 e. The molecule has 2 aliphatic rings. The molecule has 3 rings (SSSR count). The van der Waals surface area contributed by atoms with Gasteiger partial charge in [0.25, 0.3) is 10.0 Å². The van der Waals surface area contributed by atoms with E-state index in [1.807, 2.05) is 6.07 Å². The first-order valence-electron chi connectivity index (χ1n) is 7.56. The van der Waals surface area contributed by atoms with Crippen molar-refractivity contribution < 1.29 is 13.2 Å². The average Bonchev–Trinajstić information content (AvgIpc) is 3.35. The normalized spacial score (nSPS) is 20.6. The van der Waals surface area contributed by atoms with Gasteiger partial charge in [0.1, 0.15) is 17.9 Å². The minimum atomic E-state index is -3.86. The monoisotopic (exact) mass is 364 g/mol. The van der Waals surface area contributed by atoms with Crippen molar-refractivity contribution in [2.24, 2.45) is 5.41 Å². The van der Waals surface area contributed by atoms with E-state index < -0.39 is 10.0 Å². The first-order valence-corrected chi connectivity index (χ1v) is 9.42. The van der Waals surface area contributed by atoms with Crippen LogP contribution in [-0.4, -0.2) is 14.5 Å². The topological polar surface area (TPSA) is 79.2 Å². The van der Waals surface area contributed by atoms with Crippen molar-refractivity contribution in [1.82, 2.24) is 0 Å². The Bertz CT molecular complexity index is 867. The largest absolute Gasteiger partial charge is 0.488 e. The molecule has 2 saturated carbocycles. The summed E-state index contributed by atoms with van der Waals surface area (Å²) in [6.07, 6.45) is 5.55. The SMILES string of the molecule is C=CC(=C)S(=O)(=O)Nc1cc(C#N)c(Cl)cc1OC1CCC12CC2. The van der Waals surface area contributed by atoms with Crippen molar-refractivity contribution in [1.29, 1.82) is 5.26 Å². The smallest absolute Gasteiger partial charge is 0.261 e. The zero-order chi connectivity index (χ0) is 17.5. The van der Waals surface area contributed by atoms with Crippen LogP contribution in [0.4, 0.5) is 5.69 Å². The molecule has 1 N–H and O–H groups in total. The van der Waals surface area contributed by atoms with E-state index in [4.69, 9.17) is 21.6 Å². The second-order valence-electron chi connectivity index (χ2n) is 6.22. The maximum absolute atomic E-state index is 12.2. The Balaban J connectivity index is 1.94. The van der Waals surface area contributed by atoms with Crippen LogP contribution in [0, 0.1) is 16.7 Å². The lowest BCUT2D eigenvalue weighted by Gasteiger charge is -2.37. The van der Waals surface area contributed by atoms with Gasteiger partial charge in [-0.05, 0) is 37.8 Å². The number of nitriles is 1. The van der Waals surface area contributed by atoms with E-state index in [1.54, 1.807) is 0 Å². The van der Waals surface area contributed by atoms with Gasteiger partial charge in [-0.25, -0.2) is 8.42 Å². The van der Waals surface area contributed by atoms with Gasteiger partial charge in [0.15, 0.2) is 0 Å². The third-order valence-corrected chi connectivity index (χ3v) is 6.41. The summed E-state index contributed by atoms with van der Waals surface area (Å²) in [6.45, 7) is 6.87. The molecule has 24 heavy (non-hydrogen) atoms. The van der Waals surface area contributed by atoms with Crippen molar-refractivity contribution in [2.75, 3.05) is 4.72 Å². The number of nitrogens with zero attached hydrogens (tertiary/aromatic N) is 1. The fraction of sp³-hybridized carbons (Fsp3) is 0.353. The van der Waals surface area contributed by atoms with Crippen LogP contribution in [0.15, 0.2) is 36.3 Å². The van der Waals surface area contributed by atoms with Crippen molar-refractivity contribution in [3.8, 4) is 11.8 Å². The first-order chi connectivity index (χ1) is 11.3. The van der Waals surface area contributed by atoms with Crippen LogP contribution in [0.3, 0.4) is 0 Å². The minimum absolute atomic E-state index is 0.0624. The number of halogens is 1. The second-order valence-corrected chi connectivity index (χ2v) is 8.37. The molecule has 2 aliphatic carbocycles. The van der Waals surface area contributed by atoms with Crippen molar-refractivity contribution >= 4 is 27.3 Å².